The standard InChI is InChI=1S/C22H24N2O4S2/c1-16-5-4-6-19(13-16)15-29(25,26)23-20-9-11-22(12-10-20)30(27,28)24-21-8-7-17(2)18(3)14-21/h4-14,23-24H,15H2,1-3H3. The molecule has 8 heteroatoms. The summed E-state index contributed by atoms with van der Waals surface area (Å²) in [5, 5.41) is 0. The predicted molar refractivity (Wildman–Crippen MR) is 121 cm³/mol. The quantitative estimate of drug-likeness (QED) is 0.566. The van der Waals surface area contributed by atoms with E-state index in [-0.39, 0.29) is 10.6 Å². The van der Waals surface area contributed by atoms with Crippen LogP contribution in [0, 0.1) is 20.8 Å². The minimum atomic E-state index is -3.78. The molecule has 3 aromatic rings. The molecule has 3 aromatic carbocycles. The highest BCUT2D eigenvalue weighted by molar-refractivity contribution is 7.92. The first-order valence-electron chi connectivity index (χ1n) is 9.30. The number of hydrogen-bond acceptors (Lipinski definition) is 4. The van der Waals surface area contributed by atoms with Crippen molar-refractivity contribution in [1.82, 2.24) is 0 Å². The lowest BCUT2D eigenvalue weighted by atomic mass is 10.1. The fraction of sp³-hybridized carbons (Fsp3) is 0.182. The van der Waals surface area contributed by atoms with Crippen molar-refractivity contribution in [3.05, 3.63) is 89.0 Å². The van der Waals surface area contributed by atoms with Crippen LogP contribution in [0.25, 0.3) is 0 Å². The van der Waals surface area contributed by atoms with Gasteiger partial charge < -0.3 is 0 Å². The van der Waals surface area contributed by atoms with Gasteiger partial charge in [-0.2, -0.15) is 0 Å². The molecule has 0 aliphatic carbocycles. The van der Waals surface area contributed by atoms with E-state index >= 15 is 0 Å². The maximum absolute atomic E-state index is 12.6. The van der Waals surface area contributed by atoms with E-state index in [4.69, 9.17) is 0 Å². The van der Waals surface area contributed by atoms with Crippen LogP contribution in [0.1, 0.15) is 22.3 Å². The van der Waals surface area contributed by atoms with Gasteiger partial charge in [-0.1, -0.05) is 35.9 Å². The fourth-order valence-corrected chi connectivity index (χ4v) is 5.19. The van der Waals surface area contributed by atoms with Crippen molar-refractivity contribution in [2.24, 2.45) is 0 Å². The third-order valence-corrected chi connectivity index (χ3v) is 7.29. The predicted octanol–water partition coefficient (Wildman–Crippen LogP) is 4.35. The van der Waals surface area contributed by atoms with Crippen LogP contribution in [0.4, 0.5) is 11.4 Å². The normalized spacial score (nSPS) is 11.8. The Morgan fingerprint density at radius 2 is 1.37 bits per heavy atom. The summed E-state index contributed by atoms with van der Waals surface area (Å²) in [6.45, 7) is 5.76. The van der Waals surface area contributed by atoms with Crippen molar-refractivity contribution < 1.29 is 16.8 Å². The molecule has 0 bridgehead atoms. The van der Waals surface area contributed by atoms with Gasteiger partial charge in [-0.05, 0) is 73.9 Å². The summed E-state index contributed by atoms with van der Waals surface area (Å²) in [5.74, 6) is -0.164. The number of rotatable bonds is 7. The van der Waals surface area contributed by atoms with Crippen molar-refractivity contribution in [3.8, 4) is 0 Å². The Kier molecular flexibility index (Phi) is 6.19. The van der Waals surface area contributed by atoms with Crippen molar-refractivity contribution in [2.75, 3.05) is 9.44 Å². The molecule has 0 aliphatic heterocycles. The SMILES string of the molecule is Cc1cccc(CS(=O)(=O)Nc2ccc(S(=O)(=O)Nc3ccc(C)c(C)c3)cc2)c1. The summed E-state index contributed by atoms with van der Waals surface area (Å²) >= 11 is 0. The van der Waals surface area contributed by atoms with E-state index in [2.05, 4.69) is 9.44 Å². The monoisotopic (exact) mass is 444 g/mol. The number of aryl methyl sites for hydroxylation is 3. The molecule has 158 valence electrons. The molecule has 0 saturated carbocycles. The van der Waals surface area contributed by atoms with Crippen molar-refractivity contribution in [2.45, 2.75) is 31.4 Å². The van der Waals surface area contributed by atoms with Gasteiger partial charge in [-0.3, -0.25) is 9.44 Å². The van der Waals surface area contributed by atoms with E-state index in [1.807, 2.05) is 45.0 Å². The summed E-state index contributed by atoms with van der Waals surface area (Å²) < 4.78 is 55.1. The van der Waals surface area contributed by atoms with Gasteiger partial charge in [0.2, 0.25) is 10.0 Å². The number of hydrogen-bond donors (Lipinski definition) is 2. The molecule has 30 heavy (non-hydrogen) atoms. The Balaban J connectivity index is 1.72. The molecule has 0 spiro atoms. The maximum atomic E-state index is 12.6. The minimum absolute atomic E-state index is 0.0439. The summed E-state index contributed by atoms with van der Waals surface area (Å²) in [6.07, 6.45) is 0. The lowest BCUT2D eigenvalue weighted by molar-refractivity contribution is 0.599. The molecule has 0 aliphatic rings. The van der Waals surface area contributed by atoms with Crippen LogP contribution in [0.5, 0.6) is 0 Å². The van der Waals surface area contributed by atoms with Crippen LogP contribution in [0.15, 0.2) is 71.6 Å². The molecule has 0 amide bonds. The van der Waals surface area contributed by atoms with E-state index < -0.39 is 20.0 Å². The Labute approximate surface area is 178 Å². The fourth-order valence-electron chi connectivity index (χ4n) is 2.96. The third-order valence-electron chi connectivity index (χ3n) is 4.64. The van der Waals surface area contributed by atoms with Gasteiger partial charge in [0, 0.05) is 11.4 Å². The van der Waals surface area contributed by atoms with Gasteiger partial charge in [-0.15, -0.1) is 0 Å². The molecule has 0 radical (unpaired) electrons. The van der Waals surface area contributed by atoms with Crippen LogP contribution in [0.3, 0.4) is 0 Å². The van der Waals surface area contributed by atoms with Crippen molar-refractivity contribution in [1.29, 1.82) is 0 Å². The molecule has 0 unspecified atom stereocenters. The highest BCUT2D eigenvalue weighted by atomic mass is 32.2. The molecule has 0 heterocycles. The minimum Gasteiger partial charge on any atom is -0.283 e. The van der Waals surface area contributed by atoms with Gasteiger partial charge in [0.25, 0.3) is 10.0 Å². The highest BCUT2D eigenvalue weighted by Gasteiger charge is 2.16. The van der Waals surface area contributed by atoms with E-state index in [1.165, 1.54) is 24.3 Å². The molecule has 0 saturated heterocycles. The molecule has 2 N–H and O–H groups in total. The topological polar surface area (TPSA) is 92.3 Å². The van der Waals surface area contributed by atoms with Crippen LogP contribution in [-0.2, 0) is 25.8 Å². The lowest BCUT2D eigenvalue weighted by Gasteiger charge is -2.11. The van der Waals surface area contributed by atoms with Gasteiger partial charge in [-0.25, -0.2) is 16.8 Å². The van der Waals surface area contributed by atoms with E-state index in [9.17, 15) is 16.8 Å². The zero-order valence-corrected chi connectivity index (χ0v) is 18.6. The number of sulfonamides is 2. The summed E-state index contributed by atoms with van der Waals surface area (Å²) in [4.78, 5) is 0.0439. The zero-order valence-electron chi connectivity index (χ0n) is 17.0. The number of anilines is 2. The van der Waals surface area contributed by atoms with E-state index in [1.54, 1.807) is 18.2 Å². The first-order valence-corrected chi connectivity index (χ1v) is 12.4. The van der Waals surface area contributed by atoms with Crippen LogP contribution in [0.2, 0.25) is 0 Å². The smallest absolute Gasteiger partial charge is 0.261 e. The molecule has 3 rings (SSSR count). The van der Waals surface area contributed by atoms with Gasteiger partial charge in [0.15, 0.2) is 0 Å². The van der Waals surface area contributed by atoms with Crippen LogP contribution < -0.4 is 9.44 Å². The van der Waals surface area contributed by atoms with Crippen molar-refractivity contribution >= 4 is 31.4 Å². The average molecular weight is 445 g/mol. The molecular formula is C22H24N2O4S2. The third kappa shape index (κ3) is 5.61. The summed E-state index contributed by atoms with van der Waals surface area (Å²) in [6, 6.07) is 18.2. The Bertz CT molecular complexity index is 1270. The zero-order chi connectivity index (χ0) is 21.9. The van der Waals surface area contributed by atoms with Gasteiger partial charge in [0.05, 0.1) is 10.6 Å². The highest BCUT2D eigenvalue weighted by Crippen LogP contribution is 2.21. The molecule has 0 fully saturated rings. The lowest BCUT2D eigenvalue weighted by Crippen LogP contribution is -2.16. The second kappa shape index (κ2) is 8.49. The van der Waals surface area contributed by atoms with Gasteiger partial charge in [0.1, 0.15) is 0 Å². The second-order valence-electron chi connectivity index (χ2n) is 7.28. The summed E-state index contributed by atoms with van der Waals surface area (Å²) in [5.41, 5.74) is 4.48. The number of nitrogens with one attached hydrogen (secondary N) is 2. The molecule has 0 aromatic heterocycles. The maximum Gasteiger partial charge on any atom is 0.261 e. The van der Waals surface area contributed by atoms with E-state index in [0.717, 1.165) is 16.7 Å². The molecule has 0 atom stereocenters. The Morgan fingerprint density at radius 1 is 0.700 bits per heavy atom. The Hall–Kier alpha value is -2.84. The van der Waals surface area contributed by atoms with Crippen LogP contribution in [-0.4, -0.2) is 16.8 Å². The van der Waals surface area contributed by atoms with Crippen LogP contribution >= 0.6 is 0 Å². The summed E-state index contributed by atoms with van der Waals surface area (Å²) in [7, 11) is -7.41. The Morgan fingerprint density at radius 3 is 2.00 bits per heavy atom. The second-order valence-corrected chi connectivity index (χ2v) is 10.7. The first-order chi connectivity index (χ1) is 14.0. The van der Waals surface area contributed by atoms with Crippen molar-refractivity contribution in [3.63, 3.8) is 0 Å². The first kappa shape index (κ1) is 21.9. The number of benzene rings is 3. The molecular weight excluding hydrogens is 420 g/mol. The van der Waals surface area contributed by atoms with Gasteiger partial charge >= 0.3 is 0 Å². The average Bonchev–Trinajstić information content (AvgIpc) is 2.64. The molecule has 6 nitrogen and oxygen atoms in total. The van der Waals surface area contributed by atoms with E-state index in [0.29, 0.717) is 16.9 Å². The largest absolute Gasteiger partial charge is 0.283 e.